The molecule has 0 aliphatic rings. The Morgan fingerprint density at radius 1 is 1.35 bits per heavy atom. The van der Waals surface area contributed by atoms with E-state index in [0.29, 0.717) is 0 Å². The van der Waals surface area contributed by atoms with Gasteiger partial charge in [0.1, 0.15) is 5.82 Å². The van der Waals surface area contributed by atoms with Gasteiger partial charge in [-0.15, -0.1) is 5.10 Å². The maximum atomic E-state index is 12.1. The molecule has 1 heterocycles. The molecule has 2 N–H and O–H groups in total. The van der Waals surface area contributed by atoms with Gasteiger partial charge in [0.25, 0.3) is 5.91 Å². The Morgan fingerprint density at radius 3 is 2.70 bits per heavy atom. The molecule has 1 aromatic carbocycles. The number of aromatic nitrogens is 3. The van der Waals surface area contributed by atoms with E-state index in [0.717, 1.165) is 24.2 Å². The largest absolute Gasteiger partial charge is 0.343 e. The molecule has 1 aromatic heterocycles. The minimum atomic E-state index is -0.253. The van der Waals surface area contributed by atoms with Crippen LogP contribution in [0.25, 0.3) is 0 Å². The maximum Gasteiger partial charge on any atom is 0.291 e. The molecule has 0 aliphatic heterocycles. The standard InChI is InChI=1S/C15H20N4O/c1-4-5-13-17-14(19-18-13)15(20)16-11(3)12-8-6-10(2)7-9-12/h6-9,11H,4-5H2,1-3H3,(H,16,20)(H,17,18,19). The number of H-pyrrole nitrogens is 1. The summed E-state index contributed by atoms with van der Waals surface area (Å²) in [6.07, 6.45) is 1.77. The number of nitrogens with zero attached hydrogens (tertiary/aromatic N) is 2. The summed E-state index contributed by atoms with van der Waals surface area (Å²) in [6.45, 7) is 6.04. The number of rotatable bonds is 5. The summed E-state index contributed by atoms with van der Waals surface area (Å²) in [5.74, 6) is 0.699. The van der Waals surface area contributed by atoms with Crippen molar-refractivity contribution in [2.45, 2.75) is 39.7 Å². The lowest BCUT2D eigenvalue weighted by molar-refractivity contribution is 0.0929. The van der Waals surface area contributed by atoms with Crippen molar-refractivity contribution in [2.75, 3.05) is 0 Å². The SMILES string of the molecule is CCCc1nc(C(=O)NC(C)c2ccc(C)cc2)n[nH]1. The van der Waals surface area contributed by atoms with Crippen molar-refractivity contribution in [1.82, 2.24) is 20.5 Å². The van der Waals surface area contributed by atoms with Gasteiger partial charge in [0.15, 0.2) is 0 Å². The number of aromatic amines is 1. The van der Waals surface area contributed by atoms with Gasteiger partial charge in [0, 0.05) is 6.42 Å². The number of carbonyl (C=O) groups is 1. The molecule has 0 bridgehead atoms. The van der Waals surface area contributed by atoms with Crippen molar-refractivity contribution >= 4 is 5.91 Å². The summed E-state index contributed by atoms with van der Waals surface area (Å²) in [5.41, 5.74) is 2.26. The van der Waals surface area contributed by atoms with E-state index in [1.54, 1.807) is 0 Å². The van der Waals surface area contributed by atoms with Gasteiger partial charge in [-0.3, -0.25) is 9.89 Å². The molecule has 0 aliphatic carbocycles. The van der Waals surface area contributed by atoms with E-state index in [1.807, 2.05) is 38.1 Å². The second kappa shape index (κ2) is 6.32. The molecule has 1 unspecified atom stereocenters. The molecule has 0 fully saturated rings. The highest BCUT2D eigenvalue weighted by Crippen LogP contribution is 2.13. The van der Waals surface area contributed by atoms with Crippen LogP contribution in [0.4, 0.5) is 0 Å². The highest BCUT2D eigenvalue weighted by atomic mass is 16.2. The predicted octanol–water partition coefficient (Wildman–Crippen LogP) is 2.56. The van der Waals surface area contributed by atoms with E-state index in [1.165, 1.54) is 5.56 Å². The molecule has 2 aromatic rings. The van der Waals surface area contributed by atoms with Crippen LogP contribution in [0, 0.1) is 6.92 Å². The summed E-state index contributed by atoms with van der Waals surface area (Å²) < 4.78 is 0. The quantitative estimate of drug-likeness (QED) is 0.878. The average Bonchev–Trinajstić information content (AvgIpc) is 2.88. The van der Waals surface area contributed by atoms with Crippen LogP contribution in [-0.2, 0) is 6.42 Å². The van der Waals surface area contributed by atoms with Crippen LogP contribution in [0.2, 0.25) is 0 Å². The van der Waals surface area contributed by atoms with Crippen molar-refractivity contribution in [1.29, 1.82) is 0 Å². The Labute approximate surface area is 118 Å². The first kappa shape index (κ1) is 14.2. The third-order valence-electron chi connectivity index (χ3n) is 3.15. The minimum absolute atomic E-state index is 0.0729. The Morgan fingerprint density at radius 2 is 2.05 bits per heavy atom. The maximum absolute atomic E-state index is 12.1. The first-order valence-electron chi connectivity index (χ1n) is 6.89. The minimum Gasteiger partial charge on any atom is -0.343 e. The van der Waals surface area contributed by atoms with Crippen LogP contribution in [-0.4, -0.2) is 21.1 Å². The number of carbonyl (C=O) groups excluding carboxylic acids is 1. The van der Waals surface area contributed by atoms with Crippen LogP contribution in [0.15, 0.2) is 24.3 Å². The third-order valence-corrected chi connectivity index (χ3v) is 3.15. The molecule has 1 amide bonds. The van der Waals surface area contributed by atoms with Crippen LogP contribution in [0.5, 0.6) is 0 Å². The van der Waals surface area contributed by atoms with Crippen molar-refractivity contribution in [3.05, 3.63) is 47.0 Å². The van der Waals surface area contributed by atoms with Crippen LogP contribution < -0.4 is 5.32 Å². The summed E-state index contributed by atoms with van der Waals surface area (Å²) in [5, 5.41) is 9.64. The lowest BCUT2D eigenvalue weighted by Crippen LogP contribution is -2.27. The Balaban J connectivity index is 2.01. The Kier molecular flexibility index (Phi) is 4.50. The number of nitrogens with one attached hydrogen (secondary N) is 2. The fourth-order valence-electron chi connectivity index (χ4n) is 1.95. The average molecular weight is 272 g/mol. The van der Waals surface area contributed by atoms with Crippen molar-refractivity contribution in [3.8, 4) is 0 Å². The number of hydrogen-bond acceptors (Lipinski definition) is 3. The number of amides is 1. The van der Waals surface area contributed by atoms with Gasteiger partial charge >= 0.3 is 0 Å². The Bertz CT molecular complexity index is 574. The van der Waals surface area contributed by atoms with Gasteiger partial charge < -0.3 is 5.32 Å². The predicted molar refractivity (Wildman–Crippen MR) is 77.4 cm³/mol. The summed E-state index contributed by atoms with van der Waals surface area (Å²) in [6, 6.07) is 8.02. The molecule has 0 radical (unpaired) electrons. The zero-order valence-corrected chi connectivity index (χ0v) is 12.1. The van der Waals surface area contributed by atoms with E-state index in [2.05, 4.69) is 27.4 Å². The van der Waals surface area contributed by atoms with Crippen LogP contribution in [0.1, 0.15) is 53.9 Å². The van der Waals surface area contributed by atoms with Gasteiger partial charge in [-0.2, -0.15) is 0 Å². The molecular formula is C15H20N4O. The number of hydrogen-bond donors (Lipinski definition) is 2. The van der Waals surface area contributed by atoms with E-state index in [9.17, 15) is 4.79 Å². The highest BCUT2D eigenvalue weighted by molar-refractivity contribution is 5.90. The molecule has 1 atom stereocenters. The van der Waals surface area contributed by atoms with E-state index in [-0.39, 0.29) is 17.8 Å². The molecule has 0 saturated heterocycles. The number of aryl methyl sites for hydroxylation is 2. The van der Waals surface area contributed by atoms with Crippen molar-refractivity contribution in [3.63, 3.8) is 0 Å². The van der Waals surface area contributed by atoms with E-state index < -0.39 is 0 Å². The summed E-state index contributed by atoms with van der Waals surface area (Å²) in [4.78, 5) is 16.2. The molecule has 20 heavy (non-hydrogen) atoms. The fraction of sp³-hybridized carbons (Fsp3) is 0.400. The monoisotopic (exact) mass is 272 g/mol. The molecule has 5 nitrogen and oxygen atoms in total. The van der Waals surface area contributed by atoms with Gasteiger partial charge in [0.2, 0.25) is 5.82 Å². The molecule has 5 heteroatoms. The first-order chi connectivity index (χ1) is 9.60. The van der Waals surface area contributed by atoms with Gasteiger partial charge in [-0.25, -0.2) is 4.98 Å². The Hall–Kier alpha value is -2.17. The second-order valence-electron chi connectivity index (χ2n) is 4.96. The molecule has 106 valence electrons. The molecule has 2 rings (SSSR count). The van der Waals surface area contributed by atoms with Crippen LogP contribution in [0.3, 0.4) is 0 Å². The normalized spacial score (nSPS) is 12.2. The van der Waals surface area contributed by atoms with Crippen molar-refractivity contribution < 1.29 is 4.79 Å². The van der Waals surface area contributed by atoms with Gasteiger partial charge in [-0.05, 0) is 25.8 Å². The van der Waals surface area contributed by atoms with E-state index in [4.69, 9.17) is 0 Å². The molecular weight excluding hydrogens is 252 g/mol. The van der Waals surface area contributed by atoms with Crippen molar-refractivity contribution in [2.24, 2.45) is 0 Å². The smallest absolute Gasteiger partial charge is 0.291 e. The lowest BCUT2D eigenvalue weighted by atomic mass is 10.1. The van der Waals surface area contributed by atoms with E-state index >= 15 is 0 Å². The second-order valence-corrected chi connectivity index (χ2v) is 4.96. The van der Waals surface area contributed by atoms with Crippen LogP contribution >= 0.6 is 0 Å². The fourth-order valence-corrected chi connectivity index (χ4v) is 1.95. The zero-order valence-electron chi connectivity index (χ0n) is 12.1. The first-order valence-corrected chi connectivity index (χ1v) is 6.89. The molecule has 0 spiro atoms. The third kappa shape index (κ3) is 3.44. The number of benzene rings is 1. The summed E-state index contributed by atoms with van der Waals surface area (Å²) in [7, 11) is 0. The highest BCUT2D eigenvalue weighted by Gasteiger charge is 2.15. The summed E-state index contributed by atoms with van der Waals surface area (Å²) >= 11 is 0. The lowest BCUT2D eigenvalue weighted by Gasteiger charge is -2.13. The van der Waals surface area contributed by atoms with Gasteiger partial charge in [0.05, 0.1) is 6.04 Å². The molecule has 0 saturated carbocycles. The van der Waals surface area contributed by atoms with Gasteiger partial charge in [-0.1, -0.05) is 36.8 Å². The topological polar surface area (TPSA) is 70.7 Å². The zero-order chi connectivity index (χ0) is 14.5.